The van der Waals surface area contributed by atoms with Gasteiger partial charge in [-0.3, -0.25) is 9.59 Å². The zero-order valence-corrected chi connectivity index (χ0v) is 19.1. The van der Waals surface area contributed by atoms with Gasteiger partial charge in [-0.1, -0.05) is 48.6 Å². The van der Waals surface area contributed by atoms with Crippen LogP contribution in [0.25, 0.3) is 10.8 Å². The molecule has 0 bridgehead atoms. The number of carbonyl (C=O) groups is 2. The molecule has 1 atom stereocenters. The van der Waals surface area contributed by atoms with Gasteiger partial charge in [0.2, 0.25) is 9.84 Å². The maximum absolute atomic E-state index is 13.4. The van der Waals surface area contributed by atoms with Crippen molar-refractivity contribution in [3.8, 4) is 5.75 Å². The van der Waals surface area contributed by atoms with Crippen LogP contribution >= 0.6 is 0 Å². The number of rotatable bonds is 8. The highest BCUT2D eigenvalue weighted by Gasteiger charge is 2.54. The quantitative estimate of drug-likeness (QED) is 0.337. The largest absolute Gasteiger partial charge is 0.495 e. The second-order valence-corrected chi connectivity index (χ2v) is 9.03. The highest BCUT2D eigenvalue weighted by molar-refractivity contribution is 7.94. The van der Waals surface area contributed by atoms with E-state index in [-0.39, 0.29) is 30.3 Å². The first-order valence-electron chi connectivity index (χ1n) is 10.3. The lowest BCUT2D eigenvalue weighted by Crippen LogP contribution is -2.44. The zero-order valence-electron chi connectivity index (χ0n) is 18.2. The van der Waals surface area contributed by atoms with Crippen LogP contribution in [0.5, 0.6) is 5.75 Å². The van der Waals surface area contributed by atoms with Gasteiger partial charge in [-0.05, 0) is 31.7 Å². The van der Waals surface area contributed by atoms with E-state index in [1.165, 1.54) is 13.2 Å². The van der Waals surface area contributed by atoms with Gasteiger partial charge in [-0.2, -0.15) is 0 Å². The van der Waals surface area contributed by atoms with Crippen molar-refractivity contribution in [3.63, 3.8) is 0 Å². The van der Waals surface area contributed by atoms with Gasteiger partial charge >= 0.3 is 11.9 Å². The minimum atomic E-state index is -3.99. The molecule has 8 heteroatoms. The number of ether oxygens (including phenoxy) is 3. The molecule has 1 aliphatic rings. The Balaban J connectivity index is 2.07. The maximum Gasteiger partial charge on any atom is 0.324 e. The maximum atomic E-state index is 13.4. The molecule has 0 amide bonds. The third-order valence-corrected chi connectivity index (χ3v) is 6.95. The van der Waals surface area contributed by atoms with E-state index in [2.05, 4.69) is 0 Å². The second kappa shape index (κ2) is 9.56. The van der Waals surface area contributed by atoms with Gasteiger partial charge in [0.25, 0.3) is 0 Å². The highest BCUT2D eigenvalue weighted by atomic mass is 32.2. The summed E-state index contributed by atoms with van der Waals surface area (Å²) in [5.74, 6) is -2.11. The summed E-state index contributed by atoms with van der Waals surface area (Å²) in [6.45, 7) is 3.45. The molecule has 1 aliphatic carbocycles. The molecule has 0 fully saturated rings. The van der Waals surface area contributed by atoms with E-state index in [1.807, 2.05) is 12.1 Å². The lowest BCUT2D eigenvalue weighted by atomic mass is 9.77. The fourth-order valence-electron chi connectivity index (χ4n) is 3.90. The summed E-state index contributed by atoms with van der Waals surface area (Å²) < 4.78 is 42.3. The minimum absolute atomic E-state index is 0.0224. The van der Waals surface area contributed by atoms with E-state index in [9.17, 15) is 18.0 Å². The Bertz CT molecular complexity index is 1160. The molecule has 0 heterocycles. The van der Waals surface area contributed by atoms with E-state index < -0.39 is 33.1 Å². The van der Waals surface area contributed by atoms with Crippen molar-refractivity contribution in [2.45, 2.75) is 25.2 Å². The van der Waals surface area contributed by atoms with E-state index in [0.29, 0.717) is 5.39 Å². The van der Waals surface area contributed by atoms with Gasteiger partial charge in [-0.15, -0.1) is 0 Å². The standard InChI is InChI=1S/C24H26O7S/c1-4-30-22(25)24(23(26)31-5-2)15-8-10-18(24)14-16-32(27,28)21-19-11-7-6-9-17(19)12-13-20(21)29-3/h6-14,16,18H,4-5,15H2,1-3H3/b16-14+/t18-/m0/s1. The smallest absolute Gasteiger partial charge is 0.324 e. The van der Waals surface area contributed by atoms with Crippen molar-refractivity contribution in [2.24, 2.45) is 11.3 Å². The van der Waals surface area contributed by atoms with E-state index >= 15 is 0 Å². The van der Waals surface area contributed by atoms with Crippen molar-refractivity contribution in [2.75, 3.05) is 20.3 Å². The fourth-order valence-corrected chi connectivity index (χ4v) is 5.34. The van der Waals surface area contributed by atoms with Gasteiger partial charge in [0.1, 0.15) is 10.6 Å². The van der Waals surface area contributed by atoms with Crippen LogP contribution in [0.15, 0.2) is 64.9 Å². The number of methoxy groups -OCH3 is 1. The molecule has 0 N–H and O–H groups in total. The van der Waals surface area contributed by atoms with Crippen molar-refractivity contribution in [1.82, 2.24) is 0 Å². The Hall–Kier alpha value is -3.13. The second-order valence-electron chi connectivity index (χ2n) is 7.26. The van der Waals surface area contributed by atoms with Crippen LogP contribution in [0.3, 0.4) is 0 Å². The van der Waals surface area contributed by atoms with Crippen LogP contribution in [0.1, 0.15) is 20.3 Å². The minimum Gasteiger partial charge on any atom is -0.495 e. The van der Waals surface area contributed by atoms with Gasteiger partial charge in [0.15, 0.2) is 5.41 Å². The fraction of sp³-hybridized carbons (Fsp3) is 0.333. The molecule has 0 saturated heterocycles. The summed E-state index contributed by atoms with van der Waals surface area (Å²) in [4.78, 5) is 25.6. The van der Waals surface area contributed by atoms with Gasteiger partial charge in [0.05, 0.1) is 20.3 Å². The van der Waals surface area contributed by atoms with Crippen LogP contribution in [0, 0.1) is 11.3 Å². The highest BCUT2D eigenvalue weighted by Crippen LogP contribution is 2.43. The summed E-state index contributed by atoms with van der Waals surface area (Å²) >= 11 is 0. The molecule has 170 valence electrons. The third-order valence-electron chi connectivity index (χ3n) is 5.44. The topological polar surface area (TPSA) is 96.0 Å². The number of sulfone groups is 1. The molecule has 2 aromatic carbocycles. The number of hydrogen-bond acceptors (Lipinski definition) is 7. The number of allylic oxidation sites excluding steroid dienone is 3. The van der Waals surface area contributed by atoms with Crippen molar-refractivity contribution in [1.29, 1.82) is 0 Å². The Morgan fingerprint density at radius 1 is 1.06 bits per heavy atom. The van der Waals surface area contributed by atoms with Crippen LogP contribution in [-0.2, 0) is 28.9 Å². The average molecular weight is 459 g/mol. The molecule has 0 spiro atoms. The Labute approximate surface area is 187 Å². The Kier molecular flexibility index (Phi) is 7.03. The molecule has 32 heavy (non-hydrogen) atoms. The van der Waals surface area contributed by atoms with Crippen LogP contribution in [0.4, 0.5) is 0 Å². The van der Waals surface area contributed by atoms with Crippen LogP contribution in [-0.4, -0.2) is 40.7 Å². The first kappa shape index (κ1) is 23.5. The van der Waals surface area contributed by atoms with Crippen LogP contribution in [0.2, 0.25) is 0 Å². The molecule has 3 rings (SSSR count). The predicted molar refractivity (Wildman–Crippen MR) is 120 cm³/mol. The van der Waals surface area contributed by atoms with Gasteiger partial charge < -0.3 is 14.2 Å². The van der Waals surface area contributed by atoms with Crippen molar-refractivity contribution < 1.29 is 32.2 Å². The molecule has 0 unspecified atom stereocenters. The molecule has 0 aromatic heterocycles. The monoisotopic (exact) mass is 458 g/mol. The molecule has 2 aromatic rings. The summed E-state index contributed by atoms with van der Waals surface area (Å²) in [7, 11) is -2.59. The number of carbonyl (C=O) groups excluding carboxylic acids is 2. The first-order valence-corrected chi connectivity index (χ1v) is 11.9. The van der Waals surface area contributed by atoms with Gasteiger partial charge in [-0.25, -0.2) is 8.42 Å². The van der Waals surface area contributed by atoms with E-state index in [1.54, 1.807) is 50.3 Å². The molecule has 0 radical (unpaired) electrons. The summed E-state index contributed by atoms with van der Waals surface area (Å²) in [5, 5.41) is 2.28. The van der Waals surface area contributed by atoms with E-state index in [4.69, 9.17) is 14.2 Å². The summed E-state index contributed by atoms with van der Waals surface area (Å²) in [5.41, 5.74) is -1.65. The summed E-state index contributed by atoms with van der Waals surface area (Å²) in [6, 6.07) is 10.5. The van der Waals surface area contributed by atoms with Gasteiger partial charge in [0, 0.05) is 16.7 Å². The lowest BCUT2D eigenvalue weighted by Gasteiger charge is -2.29. The molecule has 0 aliphatic heterocycles. The van der Waals surface area contributed by atoms with Crippen LogP contribution < -0.4 is 4.74 Å². The molecular weight excluding hydrogens is 432 g/mol. The van der Waals surface area contributed by atoms with E-state index in [0.717, 1.165) is 10.8 Å². The predicted octanol–water partition coefficient (Wildman–Crippen LogP) is 3.82. The normalized spacial score (nSPS) is 17.5. The van der Waals surface area contributed by atoms with Crippen molar-refractivity contribution >= 4 is 32.5 Å². The zero-order chi connectivity index (χ0) is 23.4. The number of esters is 2. The SMILES string of the molecule is CCOC(=O)C1(C(=O)OCC)CC=C[C@H]1/C=C/S(=O)(=O)c1c(OC)ccc2ccccc12. The lowest BCUT2D eigenvalue weighted by molar-refractivity contribution is -0.173. The molecule has 0 saturated carbocycles. The molecule has 7 nitrogen and oxygen atoms in total. The number of benzene rings is 2. The Morgan fingerprint density at radius 2 is 1.72 bits per heavy atom. The number of fused-ring (bicyclic) bond motifs is 1. The number of hydrogen-bond donors (Lipinski definition) is 0. The third kappa shape index (κ3) is 4.14. The Morgan fingerprint density at radius 3 is 2.34 bits per heavy atom. The van der Waals surface area contributed by atoms with Crippen molar-refractivity contribution in [3.05, 3.63) is 60.0 Å². The molecular formula is C24H26O7S. The summed E-state index contributed by atoms with van der Waals surface area (Å²) in [6.07, 6.45) is 4.69. The average Bonchev–Trinajstić information content (AvgIpc) is 3.22. The first-order chi connectivity index (χ1) is 15.3.